The predicted octanol–water partition coefficient (Wildman–Crippen LogP) is 1.56. The molecular weight excluding hydrogens is 239 g/mol. The third-order valence-electron chi connectivity index (χ3n) is 1.92. The van der Waals surface area contributed by atoms with Gasteiger partial charge in [-0.05, 0) is 12.1 Å². The van der Waals surface area contributed by atoms with Gasteiger partial charge >= 0.3 is 6.36 Å². The van der Waals surface area contributed by atoms with Crippen molar-refractivity contribution < 1.29 is 22.7 Å². The lowest BCUT2D eigenvalue weighted by atomic mass is 10.3. The molecule has 1 heterocycles. The van der Waals surface area contributed by atoms with Crippen molar-refractivity contribution in [2.75, 3.05) is 0 Å². The summed E-state index contributed by atoms with van der Waals surface area (Å²) in [5, 5.41) is 0. The number of primary amides is 1. The number of aromatic nitrogens is 2. The highest BCUT2D eigenvalue weighted by atomic mass is 19.4. The van der Waals surface area contributed by atoms with E-state index in [-0.39, 0.29) is 11.3 Å². The largest absolute Gasteiger partial charge is 0.573 e. The fraction of sp³-hybridized carbons (Fsp3) is 0.111. The van der Waals surface area contributed by atoms with Crippen LogP contribution in [0.5, 0.6) is 5.75 Å². The number of nitrogens with one attached hydrogen (secondary N) is 1. The Morgan fingerprint density at radius 3 is 2.71 bits per heavy atom. The summed E-state index contributed by atoms with van der Waals surface area (Å²) in [7, 11) is 0. The highest BCUT2D eigenvalue weighted by Gasteiger charge is 2.31. The lowest BCUT2D eigenvalue weighted by Gasteiger charge is -2.07. The zero-order chi connectivity index (χ0) is 12.6. The summed E-state index contributed by atoms with van der Waals surface area (Å²) < 4.78 is 39.6. The van der Waals surface area contributed by atoms with Gasteiger partial charge in [-0.2, -0.15) is 0 Å². The van der Waals surface area contributed by atoms with Crippen LogP contribution in [0.15, 0.2) is 18.2 Å². The number of nitrogens with two attached hydrogens (primary N) is 1. The van der Waals surface area contributed by atoms with Crippen LogP contribution in [0.3, 0.4) is 0 Å². The number of hydrogen-bond donors (Lipinski definition) is 2. The number of nitrogens with zero attached hydrogens (tertiary/aromatic N) is 1. The molecule has 5 nitrogen and oxygen atoms in total. The molecule has 0 saturated carbocycles. The first-order chi connectivity index (χ1) is 7.85. The Morgan fingerprint density at radius 2 is 2.12 bits per heavy atom. The molecule has 0 radical (unpaired) electrons. The Balaban J connectivity index is 2.40. The highest BCUT2D eigenvalue weighted by Crippen LogP contribution is 2.25. The van der Waals surface area contributed by atoms with E-state index in [2.05, 4.69) is 14.7 Å². The van der Waals surface area contributed by atoms with Crippen molar-refractivity contribution in [2.45, 2.75) is 6.36 Å². The SMILES string of the molecule is NC(=O)c1nc2ccc(OC(F)(F)F)cc2[nH]1. The van der Waals surface area contributed by atoms with Gasteiger partial charge in [0.15, 0.2) is 5.82 Å². The first-order valence-corrected chi connectivity index (χ1v) is 4.40. The molecule has 0 fully saturated rings. The number of imidazole rings is 1. The lowest BCUT2D eigenvalue weighted by Crippen LogP contribution is -2.16. The number of rotatable bonds is 2. The first kappa shape index (κ1) is 11.2. The van der Waals surface area contributed by atoms with E-state index in [0.29, 0.717) is 5.52 Å². The van der Waals surface area contributed by atoms with Crippen molar-refractivity contribution in [3.8, 4) is 5.75 Å². The molecule has 2 aromatic rings. The molecule has 0 aliphatic carbocycles. The Labute approximate surface area is 92.4 Å². The number of halogens is 3. The van der Waals surface area contributed by atoms with Crippen molar-refractivity contribution in [3.63, 3.8) is 0 Å². The lowest BCUT2D eigenvalue weighted by molar-refractivity contribution is -0.274. The Bertz CT molecular complexity index is 576. The normalized spacial score (nSPS) is 11.7. The smallest absolute Gasteiger partial charge is 0.406 e. The van der Waals surface area contributed by atoms with E-state index in [1.54, 1.807) is 0 Å². The summed E-state index contributed by atoms with van der Waals surface area (Å²) in [6, 6.07) is 3.48. The van der Waals surface area contributed by atoms with E-state index in [1.807, 2.05) is 0 Å². The monoisotopic (exact) mass is 245 g/mol. The Hall–Kier alpha value is -2.25. The standard InChI is InChI=1S/C9H6F3N3O2/c10-9(11,12)17-4-1-2-5-6(3-4)15-8(14-5)7(13)16/h1-3H,(H2,13,16)(H,14,15). The molecule has 1 aromatic heterocycles. The number of carbonyl (C=O) groups is 1. The molecule has 0 atom stereocenters. The summed E-state index contributed by atoms with van der Waals surface area (Å²) in [5.41, 5.74) is 5.54. The second-order valence-corrected chi connectivity index (χ2v) is 3.18. The van der Waals surface area contributed by atoms with Crippen LogP contribution in [-0.4, -0.2) is 22.2 Å². The van der Waals surface area contributed by atoms with Gasteiger partial charge in [0.25, 0.3) is 5.91 Å². The third kappa shape index (κ3) is 2.47. The second kappa shape index (κ2) is 3.65. The summed E-state index contributed by atoms with van der Waals surface area (Å²) in [4.78, 5) is 17.1. The molecule has 0 unspecified atom stereocenters. The third-order valence-corrected chi connectivity index (χ3v) is 1.92. The van der Waals surface area contributed by atoms with Crippen molar-refractivity contribution in [1.29, 1.82) is 0 Å². The minimum atomic E-state index is -4.76. The van der Waals surface area contributed by atoms with Gasteiger partial charge in [-0.15, -0.1) is 13.2 Å². The zero-order valence-electron chi connectivity index (χ0n) is 8.21. The van der Waals surface area contributed by atoms with Crippen molar-refractivity contribution in [2.24, 2.45) is 5.73 Å². The molecule has 0 spiro atoms. The van der Waals surface area contributed by atoms with Crippen molar-refractivity contribution >= 4 is 16.9 Å². The van der Waals surface area contributed by atoms with Crippen LogP contribution in [0.25, 0.3) is 11.0 Å². The molecule has 17 heavy (non-hydrogen) atoms. The quantitative estimate of drug-likeness (QED) is 0.842. The van der Waals surface area contributed by atoms with Gasteiger partial charge in [-0.3, -0.25) is 4.79 Å². The summed E-state index contributed by atoms with van der Waals surface area (Å²) in [6.07, 6.45) is -4.76. The fourth-order valence-corrected chi connectivity index (χ4v) is 1.30. The molecule has 1 amide bonds. The number of amides is 1. The average molecular weight is 245 g/mol. The van der Waals surface area contributed by atoms with Crippen LogP contribution in [0, 0.1) is 0 Å². The highest BCUT2D eigenvalue weighted by molar-refractivity contribution is 5.93. The minimum absolute atomic E-state index is 0.121. The average Bonchev–Trinajstić information content (AvgIpc) is 2.57. The van der Waals surface area contributed by atoms with Crippen molar-refractivity contribution in [1.82, 2.24) is 9.97 Å². The fourth-order valence-electron chi connectivity index (χ4n) is 1.30. The number of carbonyl (C=O) groups excluding carboxylic acids is 1. The number of ether oxygens (including phenoxy) is 1. The number of fused-ring (bicyclic) bond motifs is 1. The van der Waals surface area contributed by atoms with Crippen LogP contribution in [0.1, 0.15) is 10.6 Å². The molecule has 0 aliphatic heterocycles. The topological polar surface area (TPSA) is 81.0 Å². The molecule has 0 saturated heterocycles. The van der Waals surface area contributed by atoms with Crippen LogP contribution >= 0.6 is 0 Å². The van der Waals surface area contributed by atoms with Crippen molar-refractivity contribution in [3.05, 3.63) is 24.0 Å². The van der Waals surface area contributed by atoms with Gasteiger partial charge in [0.2, 0.25) is 0 Å². The molecule has 3 N–H and O–H groups in total. The van der Waals surface area contributed by atoms with Gasteiger partial charge in [0, 0.05) is 6.07 Å². The molecule has 2 rings (SSSR count). The predicted molar refractivity (Wildman–Crippen MR) is 51.3 cm³/mol. The van der Waals surface area contributed by atoms with Gasteiger partial charge in [-0.25, -0.2) is 4.98 Å². The minimum Gasteiger partial charge on any atom is -0.406 e. The number of aromatic amines is 1. The van der Waals surface area contributed by atoms with Gasteiger partial charge in [-0.1, -0.05) is 0 Å². The molecule has 1 aromatic carbocycles. The first-order valence-electron chi connectivity index (χ1n) is 4.40. The summed E-state index contributed by atoms with van der Waals surface area (Å²) in [6.45, 7) is 0. The maximum absolute atomic E-state index is 12.0. The maximum Gasteiger partial charge on any atom is 0.573 e. The van der Waals surface area contributed by atoms with E-state index >= 15 is 0 Å². The number of benzene rings is 1. The van der Waals surface area contributed by atoms with Crippen LogP contribution in [0.4, 0.5) is 13.2 Å². The summed E-state index contributed by atoms with van der Waals surface area (Å²) >= 11 is 0. The number of alkyl halides is 3. The van der Waals surface area contributed by atoms with Crippen LogP contribution in [-0.2, 0) is 0 Å². The molecule has 90 valence electrons. The number of H-pyrrole nitrogens is 1. The molecule has 0 bridgehead atoms. The molecule has 8 heteroatoms. The molecule has 0 aliphatic rings. The van der Waals surface area contributed by atoms with E-state index in [4.69, 9.17) is 5.73 Å². The Kier molecular flexibility index (Phi) is 2.41. The van der Waals surface area contributed by atoms with Crippen LogP contribution < -0.4 is 10.5 Å². The van der Waals surface area contributed by atoms with Gasteiger partial charge in [0.1, 0.15) is 5.75 Å². The second-order valence-electron chi connectivity index (χ2n) is 3.18. The Morgan fingerprint density at radius 1 is 1.41 bits per heavy atom. The van der Waals surface area contributed by atoms with Gasteiger partial charge < -0.3 is 15.5 Å². The zero-order valence-corrected chi connectivity index (χ0v) is 8.21. The van der Waals surface area contributed by atoms with Gasteiger partial charge in [0.05, 0.1) is 11.0 Å². The van der Waals surface area contributed by atoms with Crippen LogP contribution in [0.2, 0.25) is 0 Å². The summed E-state index contributed by atoms with van der Waals surface area (Å²) in [5.74, 6) is -1.31. The maximum atomic E-state index is 12.0. The molecular formula is C9H6F3N3O2. The van der Waals surface area contributed by atoms with E-state index < -0.39 is 18.0 Å². The van der Waals surface area contributed by atoms with E-state index in [9.17, 15) is 18.0 Å². The van der Waals surface area contributed by atoms with E-state index in [0.717, 1.165) is 12.1 Å². The van der Waals surface area contributed by atoms with E-state index in [1.165, 1.54) is 6.07 Å². The number of hydrogen-bond acceptors (Lipinski definition) is 3.